The molecule has 7 rings (SSSR count). The average Bonchev–Trinajstić information content (AvgIpc) is 3.31. The third-order valence-electron chi connectivity index (χ3n) is 7.42. The maximum absolute atomic E-state index is 2.39. The topological polar surface area (TPSA) is 8.81 Å². The predicted octanol–water partition coefficient (Wildman–Crippen LogP) is 8.61. The number of nitrogens with zero attached hydrogens (tertiary/aromatic N) is 2. The van der Waals surface area contributed by atoms with Gasteiger partial charge >= 0.3 is 0 Å². The van der Waals surface area contributed by atoms with Crippen molar-refractivity contribution in [3.63, 3.8) is 0 Å². The van der Waals surface area contributed by atoms with E-state index in [1.54, 1.807) is 0 Å². The van der Waals surface area contributed by atoms with Gasteiger partial charge in [0.25, 0.3) is 0 Å². The Morgan fingerprint density at radius 3 is 1.34 bits per heavy atom. The highest BCUT2D eigenvalue weighted by Gasteiger charge is 2.15. The number of aryl methyl sites for hydroxylation is 1. The van der Waals surface area contributed by atoms with Crippen LogP contribution < -0.4 is 4.57 Å². The fourth-order valence-electron chi connectivity index (χ4n) is 5.42. The fourth-order valence-corrected chi connectivity index (χ4v) is 5.42. The van der Waals surface area contributed by atoms with Gasteiger partial charge in [-0.25, -0.2) is 4.57 Å². The van der Waals surface area contributed by atoms with Gasteiger partial charge < -0.3 is 4.57 Å². The van der Waals surface area contributed by atoms with E-state index < -0.39 is 0 Å². The van der Waals surface area contributed by atoms with Crippen molar-refractivity contribution in [1.82, 2.24) is 4.57 Å². The first-order valence-electron chi connectivity index (χ1n) is 13.0. The maximum Gasteiger partial charge on any atom is 0.169 e. The van der Waals surface area contributed by atoms with Crippen LogP contribution in [0.5, 0.6) is 0 Å². The first kappa shape index (κ1) is 22.3. The van der Waals surface area contributed by atoms with Crippen LogP contribution in [0.2, 0.25) is 0 Å². The van der Waals surface area contributed by atoms with Crippen LogP contribution in [0.1, 0.15) is 0 Å². The second-order valence-corrected chi connectivity index (χ2v) is 9.83. The molecule has 0 spiro atoms. The van der Waals surface area contributed by atoms with E-state index >= 15 is 0 Å². The molecule has 0 aliphatic rings. The molecular weight excluding hydrogens is 460 g/mol. The normalized spacial score (nSPS) is 11.3. The molecule has 7 aromatic rings. The Balaban J connectivity index is 1.43. The molecule has 2 heterocycles. The number of rotatable bonds is 4. The third kappa shape index (κ3) is 3.88. The molecule has 0 amide bonds. The molecule has 0 N–H and O–H groups in total. The lowest BCUT2D eigenvalue weighted by atomic mass is 10.0. The SMILES string of the molecule is C[n+]1ccc(-c2ccc(-n3c4ccc(-c5ccccc5)cc4c4cc(-c5ccccc5)ccc43)cc2)cc1. The summed E-state index contributed by atoms with van der Waals surface area (Å²) in [5.74, 6) is 0. The van der Waals surface area contributed by atoms with Crippen molar-refractivity contribution >= 4 is 21.8 Å². The monoisotopic (exact) mass is 487 g/mol. The highest BCUT2D eigenvalue weighted by Crippen LogP contribution is 2.37. The fraction of sp³-hybridized carbons (Fsp3) is 0.0278. The van der Waals surface area contributed by atoms with Gasteiger partial charge in [-0.15, -0.1) is 0 Å². The first-order valence-corrected chi connectivity index (χ1v) is 13.0. The van der Waals surface area contributed by atoms with E-state index in [1.165, 1.54) is 55.2 Å². The summed E-state index contributed by atoms with van der Waals surface area (Å²) in [5, 5.41) is 2.53. The van der Waals surface area contributed by atoms with Gasteiger partial charge in [0.15, 0.2) is 12.4 Å². The Labute approximate surface area is 222 Å². The van der Waals surface area contributed by atoms with Crippen molar-refractivity contribution in [2.24, 2.45) is 7.05 Å². The van der Waals surface area contributed by atoms with Crippen molar-refractivity contribution in [2.45, 2.75) is 0 Å². The number of aromatic nitrogens is 2. The number of benzene rings is 5. The Bertz CT molecular complexity index is 1780. The molecule has 0 aliphatic carbocycles. The van der Waals surface area contributed by atoms with Gasteiger partial charge in [-0.05, 0) is 69.8 Å². The Morgan fingerprint density at radius 1 is 0.421 bits per heavy atom. The molecule has 2 nitrogen and oxygen atoms in total. The standard InChI is InChI=1S/C36H27N2/c1-37-22-20-29(21-23-37)28-12-16-32(17-13-28)38-35-18-14-30(26-8-4-2-5-9-26)24-33(35)34-25-31(15-19-36(34)38)27-10-6-3-7-11-27/h2-25H,1H3/q+1. The van der Waals surface area contributed by atoms with Gasteiger partial charge in [0, 0.05) is 28.6 Å². The predicted molar refractivity (Wildman–Crippen MR) is 158 cm³/mol. The average molecular weight is 488 g/mol. The van der Waals surface area contributed by atoms with Crippen LogP contribution in [0.25, 0.3) is 60.9 Å². The van der Waals surface area contributed by atoms with E-state index in [9.17, 15) is 0 Å². The second-order valence-electron chi connectivity index (χ2n) is 9.83. The number of fused-ring (bicyclic) bond motifs is 3. The zero-order chi connectivity index (χ0) is 25.5. The van der Waals surface area contributed by atoms with Crippen molar-refractivity contribution in [3.8, 4) is 39.1 Å². The summed E-state index contributed by atoms with van der Waals surface area (Å²) in [4.78, 5) is 0. The number of hydrogen-bond acceptors (Lipinski definition) is 0. The van der Waals surface area contributed by atoms with E-state index in [1.807, 2.05) is 7.05 Å². The molecule has 2 aromatic heterocycles. The summed E-state index contributed by atoms with van der Waals surface area (Å²) in [6.45, 7) is 0. The Hall–Kier alpha value is -4.95. The third-order valence-corrected chi connectivity index (χ3v) is 7.42. The lowest BCUT2D eigenvalue weighted by Crippen LogP contribution is -2.25. The molecular formula is C36H27N2+. The van der Waals surface area contributed by atoms with E-state index in [4.69, 9.17) is 0 Å². The largest absolute Gasteiger partial charge is 0.309 e. The zero-order valence-corrected chi connectivity index (χ0v) is 21.3. The molecule has 180 valence electrons. The minimum atomic E-state index is 1.16. The van der Waals surface area contributed by atoms with Crippen LogP contribution in [0.15, 0.2) is 146 Å². The van der Waals surface area contributed by atoms with Gasteiger partial charge in [-0.1, -0.05) is 84.9 Å². The van der Waals surface area contributed by atoms with Crippen molar-refractivity contribution in [2.75, 3.05) is 0 Å². The quantitative estimate of drug-likeness (QED) is 0.220. The summed E-state index contributed by atoms with van der Waals surface area (Å²) >= 11 is 0. The van der Waals surface area contributed by atoms with E-state index in [0.717, 1.165) is 5.69 Å². The Kier molecular flexibility index (Phi) is 5.37. The lowest BCUT2D eigenvalue weighted by molar-refractivity contribution is -0.671. The van der Waals surface area contributed by atoms with Crippen LogP contribution in [-0.2, 0) is 7.05 Å². The zero-order valence-electron chi connectivity index (χ0n) is 21.3. The van der Waals surface area contributed by atoms with Gasteiger partial charge in [-0.3, -0.25) is 0 Å². The minimum Gasteiger partial charge on any atom is -0.309 e. The molecule has 0 unspecified atom stereocenters. The maximum atomic E-state index is 2.39. The van der Waals surface area contributed by atoms with E-state index in [2.05, 4.69) is 155 Å². The molecule has 2 heteroatoms. The summed E-state index contributed by atoms with van der Waals surface area (Å²) in [7, 11) is 2.04. The smallest absolute Gasteiger partial charge is 0.169 e. The van der Waals surface area contributed by atoms with Crippen molar-refractivity contribution < 1.29 is 4.57 Å². The highest BCUT2D eigenvalue weighted by atomic mass is 15.0. The van der Waals surface area contributed by atoms with E-state index in [-0.39, 0.29) is 0 Å². The molecule has 38 heavy (non-hydrogen) atoms. The highest BCUT2D eigenvalue weighted by molar-refractivity contribution is 6.11. The van der Waals surface area contributed by atoms with Crippen LogP contribution in [0.3, 0.4) is 0 Å². The van der Waals surface area contributed by atoms with Gasteiger partial charge in [0.2, 0.25) is 0 Å². The van der Waals surface area contributed by atoms with Gasteiger partial charge in [0.1, 0.15) is 7.05 Å². The summed E-state index contributed by atoms with van der Waals surface area (Å²) in [5.41, 5.74) is 10.9. The molecule has 5 aromatic carbocycles. The summed E-state index contributed by atoms with van der Waals surface area (Å²) in [6, 6.07) is 48.2. The van der Waals surface area contributed by atoms with E-state index in [0.29, 0.717) is 0 Å². The molecule has 0 saturated heterocycles. The van der Waals surface area contributed by atoms with Crippen LogP contribution in [0.4, 0.5) is 0 Å². The molecule has 0 atom stereocenters. The molecule has 0 fully saturated rings. The second kappa shape index (κ2) is 9.17. The van der Waals surface area contributed by atoms with Crippen LogP contribution in [-0.4, -0.2) is 4.57 Å². The van der Waals surface area contributed by atoms with Gasteiger partial charge in [0.05, 0.1) is 11.0 Å². The molecule has 0 radical (unpaired) electrons. The summed E-state index contributed by atoms with van der Waals surface area (Å²) < 4.78 is 4.45. The molecule has 0 saturated carbocycles. The van der Waals surface area contributed by atoms with Crippen LogP contribution >= 0.6 is 0 Å². The Morgan fingerprint density at radius 2 is 0.842 bits per heavy atom. The first-order chi connectivity index (χ1) is 18.7. The molecule has 0 aliphatic heterocycles. The van der Waals surface area contributed by atoms with Gasteiger partial charge in [-0.2, -0.15) is 0 Å². The summed E-state index contributed by atoms with van der Waals surface area (Å²) in [6.07, 6.45) is 4.18. The van der Waals surface area contributed by atoms with Crippen molar-refractivity contribution in [3.05, 3.63) is 146 Å². The van der Waals surface area contributed by atoms with Crippen LogP contribution in [0, 0.1) is 0 Å². The number of pyridine rings is 1. The molecule has 0 bridgehead atoms. The van der Waals surface area contributed by atoms with Crippen molar-refractivity contribution in [1.29, 1.82) is 0 Å². The number of hydrogen-bond donors (Lipinski definition) is 0. The minimum absolute atomic E-state index is 1.16. The lowest BCUT2D eigenvalue weighted by Gasteiger charge is -2.10.